The third-order valence-electron chi connectivity index (χ3n) is 1.50. The molecule has 4 nitrogen and oxygen atoms in total. The van der Waals surface area contributed by atoms with Gasteiger partial charge in [-0.25, -0.2) is 9.97 Å². The lowest BCUT2D eigenvalue weighted by molar-refractivity contribution is 0.996. The number of nitrogens with zero attached hydrogens (tertiary/aromatic N) is 3. The molecule has 4 heteroatoms. The van der Waals surface area contributed by atoms with Gasteiger partial charge in [-0.15, -0.1) is 0 Å². The topological polar surface area (TPSA) is 55.0 Å². The first-order chi connectivity index (χ1) is 6.24. The molecular weight excluding hydrogens is 164 g/mol. The van der Waals surface area contributed by atoms with Crippen LogP contribution in [-0.2, 0) is 0 Å². The first-order valence-corrected chi connectivity index (χ1v) is 4.10. The predicted octanol–water partition coefficient (Wildman–Crippen LogP) is 0.514. The summed E-state index contributed by atoms with van der Waals surface area (Å²) in [6.07, 6.45) is 7.32. The smallest absolute Gasteiger partial charge is 0.224 e. The maximum absolute atomic E-state index is 5.32. The van der Waals surface area contributed by atoms with Gasteiger partial charge in [-0.1, -0.05) is 12.2 Å². The summed E-state index contributed by atoms with van der Waals surface area (Å²) in [6, 6.07) is 0. The van der Waals surface area contributed by atoms with Crippen LogP contribution >= 0.6 is 0 Å². The van der Waals surface area contributed by atoms with Crippen molar-refractivity contribution < 1.29 is 0 Å². The molecule has 1 aromatic heterocycles. The maximum atomic E-state index is 5.32. The molecule has 0 aromatic carbocycles. The molecule has 2 N–H and O–H groups in total. The van der Waals surface area contributed by atoms with E-state index in [9.17, 15) is 0 Å². The summed E-state index contributed by atoms with van der Waals surface area (Å²) >= 11 is 0. The number of hydrogen-bond acceptors (Lipinski definition) is 4. The Labute approximate surface area is 78.1 Å². The molecule has 0 radical (unpaired) electrons. The number of rotatable bonds is 3. The second-order valence-electron chi connectivity index (χ2n) is 2.85. The van der Waals surface area contributed by atoms with Crippen molar-refractivity contribution in [2.75, 3.05) is 25.5 Å². The van der Waals surface area contributed by atoms with Crippen LogP contribution in [0.25, 0.3) is 6.08 Å². The summed E-state index contributed by atoms with van der Waals surface area (Å²) in [5, 5.41) is 0. The summed E-state index contributed by atoms with van der Waals surface area (Å²) in [4.78, 5) is 10.2. The zero-order valence-electron chi connectivity index (χ0n) is 7.94. The van der Waals surface area contributed by atoms with Gasteiger partial charge in [0.15, 0.2) is 0 Å². The Kier molecular flexibility index (Phi) is 3.40. The van der Waals surface area contributed by atoms with E-state index in [1.165, 1.54) is 0 Å². The fourth-order valence-electron chi connectivity index (χ4n) is 0.852. The minimum atomic E-state index is 0.537. The zero-order chi connectivity index (χ0) is 9.68. The Balaban J connectivity index is 2.75. The molecule has 0 fully saturated rings. The van der Waals surface area contributed by atoms with Crippen LogP contribution in [0.1, 0.15) is 5.56 Å². The summed E-state index contributed by atoms with van der Waals surface area (Å²) in [7, 11) is 3.81. The molecule has 0 amide bonds. The zero-order valence-corrected chi connectivity index (χ0v) is 7.94. The van der Waals surface area contributed by atoms with Crippen LogP contribution in [0.15, 0.2) is 18.5 Å². The van der Waals surface area contributed by atoms with E-state index in [2.05, 4.69) is 9.97 Å². The van der Waals surface area contributed by atoms with Gasteiger partial charge in [0.2, 0.25) is 5.95 Å². The van der Waals surface area contributed by atoms with Gasteiger partial charge in [0, 0.05) is 38.6 Å². The average Bonchev–Trinajstić information content (AvgIpc) is 2.15. The molecular formula is C9H14N4. The quantitative estimate of drug-likeness (QED) is 0.733. The van der Waals surface area contributed by atoms with Crippen LogP contribution < -0.4 is 10.6 Å². The van der Waals surface area contributed by atoms with E-state index >= 15 is 0 Å². The van der Waals surface area contributed by atoms with Crippen LogP contribution in [-0.4, -0.2) is 30.6 Å². The second-order valence-corrected chi connectivity index (χ2v) is 2.85. The molecule has 0 aliphatic rings. The van der Waals surface area contributed by atoms with Crippen molar-refractivity contribution in [3.8, 4) is 0 Å². The van der Waals surface area contributed by atoms with Crippen LogP contribution in [0.2, 0.25) is 0 Å². The summed E-state index contributed by atoms with van der Waals surface area (Å²) < 4.78 is 0. The van der Waals surface area contributed by atoms with Gasteiger partial charge in [-0.3, -0.25) is 0 Å². The summed E-state index contributed by atoms with van der Waals surface area (Å²) in [5.74, 6) is 0.713. The first-order valence-electron chi connectivity index (χ1n) is 4.10. The molecule has 0 bridgehead atoms. The third kappa shape index (κ3) is 2.83. The van der Waals surface area contributed by atoms with Crippen LogP contribution in [0, 0.1) is 0 Å². The Morgan fingerprint density at radius 1 is 1.38 bits per heavy atom. The Morgan fingerprint density at radius 2 is 2.00 bits per heavy atom. The van der Waals surface area contributed by atoms with E-state index in [-0.39, 0.29) is 0 Å². The van der Waals surface area contributed by atoms with E-state index in [0.29, 0.717) is 12.5 Å². The van der Waals surface area contributed by atoms with Crippen LogP contribution in [0.5, 0.6) is 0 Å². The highest BCUT2D eigenvalue weighted by atomic mass is 15.2. The fraction of sp³-hybridized carbons (Fsp3) is 0.333. The SMILES string of the molecule is CN(C)c1ncc(/C=C/CN)cn1. The van der Waals surface area contributed by atoms with Crippen molar-refractivity contribution in [1.29, 1.82) is 0 Å². The van der Waals surface area contributed by atoms with E-state index in [4.69, 9.17) is 5.73 Å². The minimum absolute atomic E-state index is 0.537. The highest BCUT2D eigenvalue weighted by Crippen LogP contribution is 2.03. The van der Waals surface area contributed by atoms with Crippen molar-refractivity contribution in [2.45, 2.75) is 0 Å². The molecule has 0 saturated carbocycles. The van der Waals surface area contributed by atoms with Gasteiger partial charge in [0.25, 0.3) is 0 Å². The molecule has 0 unspecified atom stereocenters. The molecule has 1 heterocycles. The van der Waals surface area contributed by atoms with Crippen LogP contribution in [0.4, 0.5) is 5.95 Å². The molecule has 0 atom stereocenters. The number of hydrogen-bond donors (Lipinski definition) is 1. The second kappa shape index (κ2) is 4.57. The maximum Gasteiger partial charge on any atom is 0.224 e. The lowest BCUT2D eigenvalue weighted by Gasteiger charge is -2.08. The Morgan fingerprint density at radius 3 is 2.46 bits per heavy atom. The Hall–Kier alpha value is -1.42. The summed E-state index contributed by atoms with van der Waals surface area (Å²) in [6.45, 7) is 0.537. The van der Waals surface area contributed by atoms with E-state index < -0.39 is 0 Å². The van der Waals surface area contributed by atoms with Crippen molar-refractivity contribution >= 4 is 12.0 Å². The van der Waals surface area contributed by atoms with E-state index in [1.807, 2.05) is 31.1 Å². The van der Waals surface area contributed by atoms with Gasteiger partial charge >= 0.3 is 0 Å². The lowest BCUT2D eigenvalue weighted by atomic mass is 10.3. The third-order valence-corrected chi connectivity index (χ3v) is 1.50. The average molecular weight is 178 g/mol. The number of anilines is 1. The number of nitrogens with two attached hydrogens (primary N) is 1. The van der Waals surface area contributed by atoms with E-state index in [0.717, 1.165) is 5.56 Å². The van der Waals surface area contributed by atoms with Crippen molar-refractivity contribution in [3.05, 3.63) is 24.0 Å². The molecule has 0 aliphatic heterocycles. The van der Waals surface area contributed by atoms with Gasteiger partial charge in [-0.05, 0) is 0 Å². The Bertz CT molecular complexity index is 276. The minimum Gasteiger partial charge on any atom is -0.347 e. The molecule has 70 valence electrons. The highest BCUT2D eigenvalue weighted by Gasteiger charge is 1.96. The highest BCUT2D eigenvalue weighted by molar-refractivity contribution is 5.47. The first kappa shape index (κ1) is 9.67. The lowest BCUT2D eigenvalue weighted by Crippen LogP contribution is -2.12. The standard InChI is InChI=1S/C9H14N4/c1-13(2)9-11-6-8(7-12-9)4-3-5-10/h3-4,6-7H,5,10H2,1-2H3/b4-3+. The molecule has 0 aliphatic carbocycles. The normalized spacial score (nSPS) is 10.7. The predicted molar refractivity (Wildman–Crippen MR) is 54.4 cm³/mol. The number of aromatic nitrogens is 2. The summed E-state index contributed by atoms with van der Waals surface area (Å²) in [5.41, 5.74) is 6.29. The van der Waals surface area contributed by atoms with Crippen molar-refractivity contribution in [2.24, 2.45) is 5.73 Å². The fourth-order valence-corrected chi connectivity index (χ4v) is 0.852. The van der Waals surface area contributed by atoms with E-state index in [1.54, 1.807) is 12.4 Å². The molecule has 0 spiro atoms. The van der Waals surface area contributed by atoms with Gasteiger partial charge in [-0.2, -0.15) is 0 Å². The van der Waals surface area contributed by atoms with Crippen molar-refractivity contribution in [3.63, 3.8) is 0 Å². The largest absolute Gasteiger partial charge is 0.347 e. The molecule has 0 saturated heterocycles. The van der Waals surface area contributed by atoms with Gasteiger partial charge < -0.3 is 10.6 Å². The van der Waals surface area contributed by atoms with Crippen molar-refractivity contribution in [1.82, 2.24) is 9.97 Å². The molecule has 13 heavy (non-hydrogen) atoms. The van der Waals surface area contributed by atoms with Crippen LogP contribution in [0.3, 0.4) is 0 Å². The monoisotopic (exact) mass is 178 g/mol. The molecule has 1 rings (SSSR count). The van der Waals surface area contributed by atoms with Gasteiger partial charge in [0.1, 0.15) is 0 Å². The molecule has 1 aromatic rings. The van der Waals surface area contributed by atoms with Gasteiger partial charge in [0.05, 0.1) is 0 Å².